The Labute approximate surface area is 194 Å². The van der Waals surface area contributed by atoms with Crippen LogP contribution in [0.3, 0.4) is 0 Å². The molecule has 2 heterocycles. The van der Waals surface area contributed by atoms with Gasteiger partial charge in [-0.25, -0.2) is 0 Å². The zero-order valence-corrected chi connectivity index (χ0v) is 19.1. The van der Waals surface area contributed by atoms with Crippen LogP contribution in [0.25, 0.3) is 0 Å². The molecule has 0 spiro atoms. The SMILES string of the molecule is COC1=CCC=C(CCC2(C3CCCC3)CC(=O)C(C(=O)Cc3cccnc3)C(=O)O2)C=C1. The Hall–Kier alpha value is -3.02. The van der Waals surface area contributed by atoms with Gasteiger partial charge in [-0.2, -0.15) is 0 Å². The Kier molecular flexibility index (Phi) is 7.21. The van der Waals surface area contributed by atoms with Crippen molar-refractivity contribution >= 4 is 17.5 Å². The third-order valence-corrected chi connectivity index (χ3v) is 7.09. The number of carbonyl (C=O) groups excluding carboxylic acids is 3. The van der Waals surface area contributed by atoms with Gasteiger partial charge in [0, 0.05) is 25.2 Å². The van der Waals surface area contributed by atoms with Crippen molar-refractivity contribution in [2.75, 3.05) is 7.11 Å². The molecule has 2 fully saturated rings. The average molecular weight is 450 g/mol. The second-order valence-corrected chi connectivity index (χ2v) is 9.21. The van der Waals surface area contributed by atoms with Gasteiger partial charge in [-0.3, -0.25) is 19.4 Å². The van der Waals surface area contributed by atoms with Crippen molar-refractivity contribution in [3.05, 3.63) is 65.7 Å². The number of allylic oxidation sites excluding steroid dienone is 5. The number of Topliss-reactive ketones (excluding diaryl/α,β-unsaturated/α-hetero) is 2. The number of ether oxygens (including phenoxy) is 2. The number of esters is 1. The van der Waals surface area contributed by atoms with Gasteiger partial charge in [0.2, 0.25) is 0 Å². The minimum Gasteiger partial charge on any atom is -0.497 e. The largest absolute Gasteiger partial charge is 0.497 e. The first-order chi connectivity index (χ1) is 16.0. The Morgan fingerprint density at radius 1 is 1.21 bits per heavy atom. The highest BCUT2D eigenvalue weighted by Gasteiger charge is 2.53. The molecule has 2 atom stereocenters. The van der Waals surface area contributed by atoms with Gasteiger partial charge in [0.1, 0.15) is 11.4 Å². The molecule has 0 N–H and O–H groups in total. The molecule has 1 saturated carbocycles. The summed E-state index contributed by atoms with van der Waals surface area (Å²) in [4.78, 5) is 43.1. The Morgan fingerprint density at radius 2 is 2.03 bits per heavy atom. The predicted octanol–water partition coefficient (Wildman–Crippen LogP) is 4.45. The minimum atomic E-state index is -1.33. The van der Waals surface area contributed by atoms with Crippen LogP contribution in [-0.2, 0) is 30.3 Å². The Balaban J connectivity index is 1.48. The zero-order chi connectivity index (χ0) is 23.3. The zero-order valence-electron chi connectivity index (χ0n) is 19.1. The summed E-state index contributed by atoms with van der Waals surface area (Å²) in [5.74, 6) is -1.75. The highest BCUT2D eigenvalue weighted by molar-refractivity contribution is 6.19. The van der Waals surface area contributed by atoms with Crippen molar-refractivity contribution in [3.8, 4) is 0 Å². The summed E-state index contributed by atoms with van der Waals surface area (Å²) in [5, 5.41) is 0. The number of rotatable bonds is 8. The minimum absolute atomic E-state index is 0.00227. The number of pyridine rings is 1. The first kappa shape index (κ1) is 23.1. The van der Waals surface area contributed by atoms with Gasteiger partial charge >= 0.3 is 5.97 Å². The van der Waals surface area contributed by atoms with Crippen molar-refractivity contribution in [2.24, 2.45) is 11.8 Å². The molecule has 2 unspecified atom stereocenters. The second kappa shape index (κ2) is 10.3. The molecule has 6 heteroatoms. The fraction of sp³-hybridized carbons (Fsp3) is 0.481. The highest BCUT2D eigenvalue weighted by atomic mass is 16.6. The smallest absolute Gasteiger partial charge is 0.324 e. The third-order valence-electron chi connectivity index (χ3n) is 7.09. The maximum atomic E-state index is 13.2. The van der Waals surface area contributed by atoms with E-state index in [1.54, 1.807) is 31.6 Å². The lowest BCUT2D eigenvalue weighted by molar-refractivity contribution is -0.186. The van der Waals surface area contributed by atoms with E-state index >= 15 is 0 Å². The second-order valence-electron chi connectivity index (χ2n) is 9.21. The Morgan fingerprint density at radius 3 is 2.73 bits per heavy atom. The van der Waals surface area contributed by atoms with E-state index < -0.39 is 23.3 Å². The van der Waals surface area contributed by atoms with Crippen LogP contribution in [0.2, 0.25) is 0 Å². The number of methoxy groups -OCH3 is 1. The topological polar surface area (TPSA) is 82.6 Å². The van der Waals surface area contributed by atoms with E-state index in [1.165, 1.54) is 0 Å². The summed E-state index contributed by atoms with van der Waals surface area (Å²) in [7, 11) is 1.65. The molecule has 0 amide bonds. The molecule has 0 aromatic carbocycles. The maximum absolute atomic E-state index is 13.2. The van der Waals surface area contributed by atoms with Gasteiger partial charge in [0.15, 0.2) is 17.5 Å². The van der Waals surface area contributed by atoms with E-state index in [0.717, 1.165) is 43.4 Å². The molecule has 3 aliphatic rings. The number of hydrogen-bond donors (Lipinski definition) is 0. The molecular weight excluding hydrogens is 418 g/mol. The predicted molar refractivity (Wildman–Crippen MR) is 123 cm³/mol. The van der Waals surface area contributed by atoms with Crippen LogP contribution in [0.5, 0.6) is 0 Å². The van der Waals surface area contributed by atoms with Gasteiger partial charge in [0.05, 0.1) is 7.11 Å². The quantitative estimate of drug-likeness (QED) is 0.431. The van der Waals surface area contributed by atoms with E-state index in [-0.39, 0.29) is 24.5 Å². The first-order valence-electron chi connectivity index (χ1n) is 11.8. The van der Waals surface area contributed by atoms with Gasteiger partial charge in [-0.15, -0.1) is 0 Å². The van der Waals surface area contributed by atoms with Gasteiger partial charge in [-0.1, -0.05) is 36.6 Å². The number of carbonyl (C=O) groups is 3. The molecule has 174 valence electrons. The molecule has 1 aromatic rings. The molecule has 0 bridgehead atoms. The van der Waals surface area contributed by atoms with Crippen LogP contribution in [0.1, 0.15) is 56.9 Å². The maximum Gasteiger partial charge on any atom is 0.324 e. The third kappa shape index (κ3) is 5.32. The summed E-state index contributed by atoms with van der Waals surface area (Å²) < 4.78 is 11.4. The lowest BCUT2D eigenvalue weighted by Gasteiger charge is -2.42. The van der Waals surface area contributed by atoms with Crippen LogP contribution in [-0.4, -0.2) is 35.2 Å². The van der Waals surface area contributed by atoms with Crippen LogP contribution < -0.4 is 0 Å². The number of aromatic nitrogens is 1. The van der Waals surface area contributed by atoms with Gasteiger partial charge < -0.3 is 9.47 Å². The lowest BCUT2D eigenvalue weighted by Crippen LogP contribution is -2.53. The van der Waals surface area contributed by atoms with Gasteiger partial charge in [0.25, 0.3) is 0 Å². The van der Waals surface area contributed by atoms with Gasteiger partial charge in [-0.05, 0) is 61.8 Å². The van der Waals surface area contributed by atoms with Crippen LogP contribution in [0.15, 0.2) is 60.2 Å². The van der Waals surface area contributed by atoms with E-state index in [1.807, 2.05) is 18.2 Å². The van der Waals surface area contributed by atoms with Crippen LogP contribution in [0, 0.1) is 11.8 Å². The molecule has 1 aromatic heterocycles. The lowest BCUT2D eigenvalue weighted by atomic mass is 9.73. The van der Waals surface area contributed by atoms with Crippen LogP contribution in [0.4, 0.5) is 0 Å². The summed E-state index contributed by atoms with van der Waals surface area (Å²) in [5.41, 5.74) is 0.995. The summed E-state index contributed by atoms with van der Waals surface area (Å²) >= 11 is 0. The number of ketones is 2. The molecule has 0 radical (unpaired) electrons. The number of cyclic esters (lactones) is 1. The highest BCUT2D eigenvalue weighted by Crippen LogP contribution is 2.45. The average Bonchev–Trinajstić information content (AvgIpc) is 3.25. The molecular formula is C27H31NO5. The molecule has 4 rings (SSSR count). The van der Waals surface area contributed by atoms with Crippen LogP contribution >= 0.6 is 0 Å². The monoisotopic (exact) mass is 449 g/mol. The standard InChI is InChI=1S/C27H31NO5/c1-32-22-10-4-6-19(11-12-22)13-14-27(21-8-2-3-9-21)17-24(30)25(26(31)33-27)23(29)16-20-7-5-15-28-18-20/h5-7,10-12,15,18,21,25H,2-4,8-9,13-14,16-17H2,1H3. The van der Waals surface area contributed by atoms with Crippen molar-refractivity contribution in [1.82, 2.24) is 4.98 Å². The van der Waals surface area contributed by atoms with Crippen molar-refractivity contribution in [2.45, 2.75) is 63.4 Å². The summed E-state index contributed by atoms with van der Waals surface area (Å²) in [6, 6.07) is 3.50. The van der Waals surface area contributed by atoms with E-state index in [4.69, 9.17) is 9.47 Å². The normalized spacial score (nSPS) is 25.8. The number of nitrogens with zero attached hydrogens (tertiary/aromatic N) is 1. The van der Waals surface area contributed by atoms with Crippen molar-refractivity contribution in [1.29, 1.82) is 0 Å². The molecule has 6 nitrogen and oxygen atoms in total. The molecule has 1 saturated heterocycles. The van der Waals surface area contributed by atoms with E-state index in [2.05, 4.69) is 11.1 Å². The fourth-order valence-corrected chi connectivity index (χ4v) is 5.31. The van der Waals surface area contributed by atoms with E-state index in [0.29, 0.717) is 18.4 Å². The summed E-state index contributed by atoms with van der Waals surface area (Å²) in [6.45, 7) is 0. The first-order valence-corrected chi connectivity index (χ1v) is 11.8. The van der Waals surface area contributed by atoms with E-state index in [9.17, 15) is 14.4 Å². The Bertz CT molecular complexity index is 967. The van der Waals surface area contributed by atoms with Crippen molar-refractivity contribution in [3.63, 3.8) is 0 Å². The summed E-state index contributed by atoms with van der Waals surface area (Å²) in [6.07, 6.45) is 17.5. The molecule has 33 heavy (non-hydrogen) atoms. The fourth-order valence-electron chi connectivity index (χ4n) is 5.31. The van der Waals surface area contributed by atoms with Crippen molar-refractivity contribution < 1.29 is 23.9 Å². The molecule has 2 aliphatic carbocycles. The molecule has 1 aliphatic heterocycles. The number of hydrogen-bond acceptors (Lipinski definition) is 6.